The summed E-state index contributed by atoms with van der Waals surface area (Å²) in [7, 11) is -3.70. The molecule has 1 aromatic heterocycles. The van der Waals surface area contributed by atoms with Gasteiger partial charge in [-0.2, -0.15) is 4.72 Å². The smallest absolute Gasteiger partial charge is 0.250 e. The summed E-state index contributed by atoms with van der Waals surface area (Å²) in [4.78, 5) is 17.3. The molecule has 170 valence electrons. The third kappa shape index (κ3) is 6.66. The summed E-state index contributed by atoms with van der Waals surface area (Å²) in [5.41, 5.74) is 1.12. The van der Waals surface area contributed by atoms with Gasteiger partial charge in [0.1, 0.15) is 10.3 Å². The number of nitrogens with one attached hydrogen (secondary N) is 2. The van der Waals surface area contributed by atoms with Crippen molar-refractivity contribution in [1.29, 1.82) is 0 Å². The number of hydrogen-bond acceptors (Lipinski definition) is 6. The lowest BCUT2D eigenvalue weighted by Gasteiger charge is -2.36. The molecule has 0 unspecified atom stereocenters. The Morgan fingerprint density at radius 2 is 1.90 bits per heavy atom. The fourth-order valence-electron chi connectivity index (χ4n) is 3.48. The minimum absolute atomic E-state index is 0.170. The summed E-state index contributed by atoms with van der Waals surface area (Å²) >= 11 is 7.22. The number of sulfonamides is 1. The SMILES string of the molecule is CC(C)[C@H](NS(=O)(=O)c1cccs1)C(=O)NCCN1CCN(c2cccc(Cl)c2)CC1. The van der Waals surface area contributed by atoms with E-state index in [-0.39, 0.29) is 16.0 Å². The fraction of sp³-hybridized carbons (Fsp3) is 0.476. The van der Waals surface area contributed by atoms with Crippen LogP contribution in [-0.4, -0.2) is 64.5 Å². The lowest BCUT2D eigenvalue weighted by molar-refractivity contribution is -0.123. The zero-order valence-corrected chi connectivity index (χ0v) is 20.1. The van der Waals surface area contributed by atoms with Crippen molar-refractivity contribution in [3.63, 3.8) is 0 Å². The molecule has 1 amide bonds. The zero-order chi connectivity index (χ0) is 22.4. The minimum Gasteiger partial charge on any atom is -0.369 e. The Morgan fingerprint density at radius 1 is 1.16 bits per heavy atom. The quantitative estimate of drug-likeness (QED) is 0.571. The molecule has 1 aliphatic rings. The molecule has 2 heterocycles. The first-order valence-electron chi connectivity index (χ1n) is 10.3. The number of halogens is 1. The molecule has 1 fully saturated rings. The highest BCUT2D eigenvalue weighted by atomic mass is 35.5. The standard InChI is InChI=1S/C21H29ClN4O3S2/c1-16(2)20(24-31(28,29)19-7-4-14-30-19)21(27)23-8-9-25-10-12-26(13-11-25)18-6-3-5-17(22)15-18/h3-7,14-16,20,24H,8-13H2,1-2H3,(H,23,27)/t20-/m0/s1. The van der Waals surface area contributed by atoms with E-state index in [1.165, 1.54) is 6.07 Å². The van der Waals surface area contributed by atoms with Crippen molar-refractivity contribution < 1.29 is 13.2 Å². The van der Waals surface area contributed by atoms with E-state index in [1.54, 1.807) is 11.4 Å². The molecule has 3 rings (SSSR count). The number of thiophene rings is 1. The van der Waals surface area contributed by atoms with E-state index < -0.39 is 16.1 Å². The summed E-state index contributed by atoms with van der Waals surface area (Å²) < 4.78 is 27.8. The first-order valence-corrected chi connectivity index (χ1v) is 13.1. The zero-order valence-electron chi connectivity index (χ0n) is 17.8. The number of piperazine rings is 1. The Labute approximate surface area is 193 Å². The maximum Gasteiger partial charge on any atom is 0.250 e. The fourth-order valence-corrected chi connectivity index (χ4v) is 6.02. The van der Waals surface area contributed by atoms with Crippen LogP contribution in [-0.2, 0) is 14.8 Å². The van der Waals surface area contributed by atoms with Crippen LogP contribution in [0.25, 0.3) is 0 Å². The van der Waals surface area contributed by atoms with Crippen molar-refractivity contribution in [2.24, 2.45) is 5.92 Å². The van der Waals surface area contributed by atoms with Crippen LogP contribution in [0.1, 0.15) is 13.8 Å². The molecule has 2 N–H and O–H groups in total. The second-order valence-electron chi connectivity index (χ2n) is 7.87. The van der Waals surface area contributed by atoms with Crippen LogP contribution >= 0.6 is 22.9 Å². The van der Waals surface area contributed by atoms with E-state index in [4.69, 9.17) is 11.6 Å². The number of benzene rings is 1. The summed E-state index contributed by atoms with van der Waals surface area (Å²) in [6.45, 7) is 8.42. The lowest BCUT2D eigenvalue weighted by Crippen LogP contribution is -2.52. The van der Waals surface area contributed by atoms with Crippen molar-refractivity contribution >= 4 is 44.6 Å². The second kappa shape index (κ2) is 10.8. The predicted octanol–water partition coefficient (Wildman–Crippen LogP) is 2.64. The number of amides is 1. The third-order valence-electron chi connectivity index (χ3n) is 5.26. The van der Waals surface area contributed by atoms with Crippen LogP contribution in [0.3, 0.4) is 0 Å². The molecule has 1 saturated heterocycles. The van der Waals surface area contributed by atoms with Gasteiger partial charge in [0, 0.05) is 50.0 Å². The van der Waals surface area contributed by atoms with Gasteiger partial charge in [-0.25, -0.2) is 8.42 Å². The van der Waals surface area contributed by atoms with Gasteiger partial charge >= 0.3 is 0 Å². The highest BCUT2D eigenvalue weighted by Gasteiger charge is 2.29. The normalized spacial score (nSPS) is 16.5. The summed E-state index contributed by atoms with van der Waals surface area (Å²) in [6.07, 6.45) is 0. The lowest BCUT2D eigenvalue weighted by atomic mass is 10.1. The Hall–Kier alpha value is -1.65. The van der Waals surface area contributed by atoms with Gasteiger partial charge in [-0.15, -0.1) is 11.3 Å². The van der Waals surface area contributed by atoms with Crippen molar-refractivity contribution in [3.8, 4) is 0 Å². The van der Waals surface area contributed by atoms with E-state index in [9.17, 15) is 13.2 Å². The van der Waals surface area contributed by atoms with Crippen molar-refractivity contribution in [1.82, 2.24) is 14.9 Å². The van der Waals surface area contributed by atoms with Gasteiger partial charge in [-0.05, 0) is 35.6 Å². The van der Waals surface area contributed by atoms with E-state index in [2.05, 4.69) is 25.9 Å². The number of carbonyl (C=O) groups is 1. The Bertz CT molecular complexity index is 959. The molecule has 0 bridgehead atoms. The van der Waals surface area contributed by atoms with E-state index in [0.29, 0.717) is 6.54 Å². The van der Waals surface area contributed by atoms with Gasteiger partial charge in [0.05, 0.1) is 0 Å². The number of hydrogen-bond donors (Lipinski definition) is 2. The molecule has 0 aliphatic carbocycles. The molecule has 0 spiro atoms. The average Bonchev–Trinajstić information content (AvgIpc) is 3.28. The van der Waals surface area contributed by atoms with Crippen molar-refractivity contribution in [2.75, 3.05) is 44.2 Å². The Morgan fingerprint density at radius 3 is 2.52 bits per heavy atom. The van der Waals surface area contributed by atoms with Gasteiger partial charge < -0.3 is 10.2 Å². The number of nitrogens with zero attached hydrogens (tertiary/aromatic N) is 2. The van der Waals surface area contributed by atoms with Crippen LogP contribution < -0.4 is 14.9 Å². The minimum atomic E-state index is -3.70. The van der Waals surface area contributed by atoms with Gasteiger partial charge in [-0.1, -0.05) is 37.6 Å². The molecule has 31 heavy (non-hydrogen) atoms. The van der Waals surface area contributed by atoms with Crippen LogP contribution in [0.15, 0.2) is 46.0 Å². The number of anilines is 1. The summed E-state index contributed by atoms with van der Waals surface area (Å²) in [5, 5.41) is 5.33. The Kier molecular flexibility index (Phi) is 8.35. The number of rotatable bonds is 9. The molecular weight excluding hydrogens is 456 g/mol. The summed E-state index contributed by atoms with van der Waals surface area (Å²) in [6, 6.07) is 10.3. The summed E-state index contributed by atoms with van der Waals surface area (Å²) in [5.74, 6) is -0.469. The van der Waals surface area contributed by atoms with Crippen molar-refractivity contribution in [2.45, 2.75) is 24.1 Å². The number of carbonyl (C=O) groups excluding carboxylic acids is 1. The molecule has 1 aliphatic heterocycles. The molecule has 1 atom stereocenters. The van der Waals surface area contributed by atoms with Crippen LogP contribution in [0.5, 0.6) is 0 Å². The van der Waals surface area contributed by atoms with Gasteiger partial charge in [-0.3, -0.25) is 9.69 Å². The Balaban J connectivity index is 1.45. The average molecular weight is 485 g/mol. The maximum absolute atomic E-state index is 12.7. The van der Waals surface area contributed by atoms with E-state index in [0.717, 1.165) is 54.8 Å². The molecule has 1 aromatic carbocycles. The van der Waals surface area contributed by atoms with Gasteiger partial charge in [0.25, 0.3) is 10.0 Å². The second-order valence-corrected chi connectivity index (χ2v) is 11.2. The van der Waals surface area contributed by atoms with E-state index >= 15 is 0 Å². The van der Waals surface area contributed by atoms with Crippen molar-refractivity contribution in [3.05, 3.63) is 46.8 Å². The molecule has 0 saturated carbocycles. The van der Waals surface area contributed by atoms with Crippen LogP contribution in [0.4, 0.5) is 5.69 Å². The molecule has 0 radical (unpaired) electrons. The highest BCUT2D eigenvalue weighted by molar-refractivity contribution is 7.91. The predicted molar refractivity (Wildman–Crippen MR) is 126 cm³/mol. The molecule has 10 heteroatoms. The molecule has 7 nitrogen and oxygen atoms in total. The van der Waals surface area contributed by atoms with Gasteiger partial charge in [0.15, 0.2) is 0 Å². The monoisotopic (exact) mass is 484 g/mol. The van der Waals surface area contributed by atoms with E-state index in [1.807, 2.05) is 32.0 Å². The first-order chi connectivity index (χ1) is 14.8. The highest BCUT2D eigenvalue weighted by Crippen LogP contribution is 2.21. The van der Waals surface area contributed by atoms with Crippen LogP contribution in [0.2, 0.25) is 5.02 Å². The first kappa shape index (κ1) is 24.0. The third-order valence-corrected chi connectivity index (χ3v) is 8.34. The maximum atomic E-state index is 12.7. The largest absolute Gasteiger partial charge is 0.369 e. The topological polar surface area (TPSA) is 81.7 Å². The van der Waals surface area contributed by atoms with Crippen LogP contribution in [0, 0.1) is 5.92 Å². The molecular formula is C21H29ClN4O3S2. The van der Waals surface area contributed by atoms with Gasteiger partial charge in [0.2, 0.25) is 5.91 Å². The molecule has 2 aromatic rings.